The van der Waals surface area contributed by atoms with Crippen LogP contribution in [0.2, 0.25) is 0 Å². The normalized spacial score (nSPS) is 12.7. The van der Waals surface area contributed by atoms with Gasteiger partial charge in [-0.05, 0) is 46.2 Å². The summed E-state index contributed by atoms with van der Waals surface area (Å²) in [6, 6.07) is 6.28. The lowest BCUT2D eigenvalue weighted by molar-refractivity contribution is 0.569. The summed E-state index contributed by atoms with van der Waals surface area (Å²) in [5.74, 6) is 0. The van der Waals surface area contributed by atoms with Crippen LogP contribution in [0.25, 0.3) is 0 Å². The van der Waals surface area contributed by atoms with E-state index >= 15 is 0 Å². The van der Waals surface area contributed by atoms with Gasteiger partial charge in [-0.1, -0.05) is 38.8 Å². The van der Waals surface area contributed by atoms with Gasteiger partial charge in [0.05, 0.1) is 22.4 Å². The number of aromatic nitrogens is 2. The first-order valence-electron chi connectivity index (χ1n) is 5.90. The summed E-state index contributed by atoms with van der Waals surface area (Å²) in [7, 11) is 1.95. The van der Waals surface area contributed by atoms with E-state index in [1.807, 2.05) is 30.1 Å². The molecule has 1 aromatic carbocycles. The second kappa shape index (κ2) is 6.52. The van der Waals surface area contributed by atoms with Gasteiger partial charge in [-0.2, -0.15) is 5.10 Å². The maximum atomic E-state index is 4.30. The molecule has 0 amide bonds. The Morgan fingerprint density at radius 3 is 2.58 bits per heavy atom. The summed E-state index contributed by atoms with van der Waals surface area (Å²) in [5, 5.41) is 7.81. The molecule has 1 atom stereocenters. The van der Waals surface area contributed by atoms with E-state index in [9.17, 15) is 0 Å². The van der Waals surface area contributed by atoms with E-state index < -0.39 is 0 Å². The van der Waals surface area contributed by atoms with E-state index in [2.05, 4.69) is 71.2 Å². The molecule has 0 saturated carbocycles. The molecule has 1 aromatic heterocycles. The van der Waals surface area contributed by atoms with Crippen molar-refractivity contribution in [3.8, 4) is 0 Å². The van der Waals surface area contributed by atoms with Gasteiger partial charge in [-0.15, -0.1) is 0 Å². The Bertz CT molecular complexity index is 561. The number of rotatable bonds is 4. The third kappa shape index (κ3) is 3.29. The standard InChI is InChI=1S/C13H14Br3N3/c1-3-17-12(13-11(16)7-18-19(13)2)9-6-8(14)4-5-10(9)15/h4-7,12,17H,3H2,1-2H3. The number of benzene rings is 1. The highest BCUT2D eigenvalue weighted by molar-refractivity contribution is 9.11. The van der Waals surface area contributed by atoms with Crippen molar-refractivity contribution < 1.29 is 0 Å². The molecule has 2 rings (SSSR count). The van der Waals surface area contributed by atoms with Gasteiger partial charge in [0.1, 0.15) is 0 Å². The Balaban J connectivity index is 2.54. The lowest BCUT2D eigenvalue weighted by Gasteiger charge is -2.21. The molecule has 0 saturated heterocycles. The first-order valence-corrected chi connectivity index (χ1v) is 8.28. The largest absolute Gasteiger partial charge is 0.305 e. The van der Waals surface area contributed by atoms with Gasteiger partial charge in [0, 0.05) is 16.0 Å². The summed E-state index contributed by atoms with van der Waals surface area (Å²) >= 11 is 10.7. The van der Waals surface area contributed by atoms with Crippen LogP contribution in [0, 0.1) is 0 Å². The summed E-state index contributed by atoms with van der Waals surface area (Å²) < 4.78 is 5.04. The molecule has 0 aliphatic heterocycles. The third-order valence-corrected chi connectivity index (χ3v) is 4.71. The molecular formula is C13H14Br3N3. The average Bonchev–Trinajstić information content (AvgIpc) is 2.70. The highest BCUT2D eigenvalue weighted by Gasteiger charge is 2.22. The van der Waals surface area contributed by atoms with E-state index in [0.717, 1.165) is 25.7 Å². The number of aryl methyl sites for hydroxylation is 1. The zero-order chi connectivity index (χ0) is 14.0. The molecule has 0 radical (unpaired) electrons. The number of nitrogens with zero attached hydrogens (tertiary/aromatic N) is 2. The van der Waals surface area contributed by atoms with E-state index in [-0.39, 0.29) is 6.04 Å². The molecule has 0 bridgehead atoms. The second-order valence-electron chi connectivity index (χ2n) is 4.16. The van der Waals surface area contributed by atoms with Crippen LogP contribution in [0.4, 0.5) is 0 Å². The van der Waals surface area contributed by atoms with E-state index in [4.69, 9.17) is 0 Å². The fourth-order valence-electron chi connectivity index (χ4n) is 2.04. The Morgan fingerprint density at radius 1 is 1.26 bits per heavy atom. The Kier molecular flexibility index (Phi) is 5.22. The second-order valence-corrected chi connectivity index (χ2v) is 6.78. The molecule has 2 aromatic rings. The summed E-state index contributed by atoms with van der Waals surface area (Å²) in [4.78, 5) is 0. The van der Waals surface area contributed by atoms with Crippen molar-refractivity contribution in [1.29, 1.82) is 0 Å². The number of hydrogen-bond donors (Lipinski definition) is 1. The van der Waals surface area contributed by atoms with Crippen LogP contribution >= 0.6 is 47.8 Å². The third-order valence-electron chi connectivity index (χ3n) is 2.89. The Labute approximate surface area is 138 Å². The van der Waals surface area contributed by atoms with Crippen molar-refractivity contribution in [3.63, 3.8) is 0 Å². The fourth-order valence-corrected chi connectivity index (χ4v) is 3.47. The van der Waals surface area contributed by atoms with Gasteiger partial charge < -0.3 is 5.32 Å². The molecule has 6 heteroatoms. The Hall–Kier alpha value is -0.170. The predicted octanol–water partition coefficient (Wildman–Crippen LogP) is 4.41. The van der Waals surface area contributed by atoms with Crippen LogP contribution in [0.3, 0.4) is 0 Å². The maximum Gasteiger partial charge on any atom is 0.0770 e. The van der Waals surface area contributed by atoms with Crippen LogP contribution in [0.15, 0.2) is 37.8 Å². The van der Waals surface area contributed by atoms with Crippen molar-refractivity contribution in [2.75, 3.05) is 6.54 Å². The molecule has 0 fully saturated rings. The van der Waals surface area contributed by atoms with Gasteiger partial charge in [-0.3, -0.25) is 4.68 Å². The monoisotopic (exact) mass is 449 g/mol. The quantitative estimate of drug-likeness (QED) is 0.746. The minimum atomic E-state index is 0.0822. The molecule has 3 nitrogen and oxygen atoms in total. The van der Waals surface area contributed by atoms with E-state index in [1.165, 1.54) is 5.56 Å². The minimum absolute atomic E-state index is 0.0822. The molecule has 1 N–H and O–H groups in total. The Morgan fingerprint density at radius 2 is 2.00 bits per heavy atom. The predicted molar refractivity (Wildman–Crippen MR) is 88.3 cm³/mol. The van der Waals surface area contributed by atoms with Gasteiger partial charge in [0.2, 0.25) is 0 Å². The topological polar surface area (TPSA) is 29.9 Å². The zero-order valence-corrected chi connectivity index (χ0v) is 15.4. The van der Waals surface area contributed by atoms with E-state index in [1.54, 1.807) is 0 Å². The average molecular weight is 452 g/mol. The highest BCUT2D eigenvalue weighted by Crippen LogP contribution is 2.33. The van der Waals surface area contributed by atoms with Gasteiger partial charge in [-0.25, -0.2) is 0 Å². The lowest BCUT2D eigenvalue weighted by atomic mass is 10.0. The van der Waals surface area contributed by atoms with Gasteiger partial charge >= 0.3 is 0 Å². The minimum Gasteiger partial charge on any atom is -0.305 e. The molecular weight excluding hydrogens is 438 g/mol. The van der Waals surface area contributed by atoms with Crippen molar-refractivity contribution >= 4 is 47.8 Å². The summed E-state index contributed by atoms with van der Waals surface area (Å²) in [6.07, 6.45) is 1.82. The van der Waals surface area contributed by atoms with Crippen LogP contribution in [0.5, 0.6) is 0 Å². The van der Waals surface area contributed by atoms with Gasteiger partial charge in [0.25, 0.3) is 0 Å². The number of nitrogens with one attached hydrogen (secondary N) is 1. The van der Waals surface area contributed by atoms with Crippen molar-refractivity contribution in [3.05, 3.63) is 49.1 Å². The smallest absolute Gasteiger partial charge is 0.0770 e. The lowest BCUT2D eigenvalue weighted by Crippen LogP contribution is -2.25. The van der Waals surface area contributed by atoms with Crippen LogP contribution < -0.4 is 5.32 Å². The van der Waals surface area contributed by atoms with Gasteiger partial charge in [0.15, 0.2) is 0 Å². The SMILES string of the molecule is CCNC(c1cc(Br)ccc1Br)c1c(Br)cnn1C. The molecule has 1 unspecified atom stereocenters. The fraction of sp³-hybridized carbons (Fsp3) is 0.308. The summed E-state index contributed by atoms with van der Waals surface area (Å²) in [5.41, 5.74) is 2.29. The molecule has 19 heavy (non-hydrogen) atoms. The maximum absolute atomic E-state index is 4.30. The summed E-state index contributed by atoms with van der Waals surface area (Å²) in [6.45, 7) is 2.98. The van der Waals surface area contributed by atoms with Crippen LogP contribution in [-0.2, 0) is 7.05 Å². The molecule has 0 spiro atoms. The molecule has 102 valence electrons. The highest BCUT2D eigenvalue weighted by atomic mass is 79.9. The van der Waals surface area contributed by atoms with Crippen LogP contribution in [0.1, 0.15) is 24.2 Å². The van der Waals surface area contributed by atoms with Crippen LogP contribution in [-0.4, -0.2) is 16.3 Å². The first kappa shape index (κ1) is 15.2. The number of halogens is 3. The zero-order valence-electron chi connectivity index (χ0n) is 10.6. The molecule has 0 aliphatic carbocycles. The van der Waals surface area contributed by atoms with Crippen molar-refractivity contribution in [2.45, 2.75) is 13.0 Å². The van der Waals surface area contributed by atoms with E-state index in [0.29, 0.717) is 0 Å². The first-order chi connectivity index (χ1) is 9.04. The molecule has 0 aliphatic rings. The molecule has 1 heterocycles. The van der Waals surface area contributed by atoms with Crippen molar-refractivity contribution in [2.24, 2.45) is 7.05 Å². The van der Waals surface area contributed by atoms with Crippen molar-refractivity contribution in [1.82, 2.24) is 15.1 Å². The number of hydrogen-bond acceptors (Lipinski definition) is 2.